The molecule has 4 rings (SSSR count). The van der Waals surface area contributed by atoms with Crippen molar-refractivity contribution in [3.8, 4) is 0 Å². The molecule has 0 saturated carbocycles. The number of hydrogen-bond donors (Lipinski definition) is 3. The van der Waals surface area contributed by atoms with Gasteiger partial charge in [-0.25, -0.2) is 0 Å². The predicted molar refractivity (Wildman–Crippen MR) is 141 cm³/mol. The predicted octanol–water partition coefficient (Wildman–Crippen LogP) is 4.34. The largest absolute Gasteiger partial charge is 0.618 e. The number of aliphatic carboxylic acids is 1. The van der Waals surface area contributed by atoms with Crippen LogP contribution >= 0.6 is 11.8 Å². The number of aliphatic hydroxyl groups is 1. The molecule has 0 spiro atoms. The van der Waals surface area contributed by atoms with Crippen molar-refractivity contribution in [2.45, 2.75) is 55.8 Å². The third kappa shape index (κ3) is 7.78. The van der Waals surface area contributed by atoms with Crippen LogP contribution in [0.3, 0.4) is 0 Å². The molecule has 3 aromatic rings. The molecule has 1 aromatic heterocycles. The molecule has 1 fully saturated rings. The van der Waals surface area contributed by atoms with E-state index in [0.29, 0.717) is 22.9 Å². The topological polar surface area (TPSA) is 132 Å². The van der Waals surface area contributed by atoms with E-state index >= 15 is 0 Å². The number of aromatic nitrogens is 1. The highest BCUT2D eigenvalue weighted by Crippen LogP contribution is 2.39. The molecule has 38 heavy (non-hydrogen) atoms. The maximum absolute atomic E-state index is 12.1. The van der Waals surface area contributed by atoms with Crippen LogP contribution in [0.2, 0.25) is 0 Å². The molecule has 0 radical (unpaired) electrons. The lowest BCUT2D eigenvalue weighted by Crippen LogP contribution is -2.32. The molecule has 0 aliphatic carbocycles. The van der Waals surface area contributed by atoms with Crippen LogP contribution in [0, 0.1) is 5.21 Å². The first-order valence-electron chi connectivity index (χ1n) is 12.3. The number of pyridine rings is 1. The summed E-state index contributed by atoms with van der Waals surface area (Å²) >= 11 is 1.42. The third-order valence-corrected chi connectivity index (χ3v) is 7.23. The lowest BCUT2D eigenvalue weighted by atomic mass is 10.0. The minimum absolute atomic E-state index is 0.0362. The zero-order valence-corrected chi connectivity index (χ0v) is 21.5. The van der Waals surface area contributed by atoms with Gasteiger partial charge in [-0.15, -0.1) is 0 Å². The summed E-state index contributed by atoms with van der Waals surface area (Å²) in [6, 6.07) is 20.0. The highest BCUT2D eigenvalue weighted by Gasteiger charge is 2.32. The van der Waals surface area contributed by atoms with Gasteiger partial charge in [-0.3, -0.25) is 9.59 Å². The van der Waals surface area contributed by atoms with Gasteiger partial charge < -0.3 is 30.2 Å². The van der Waals surface area contributed by atoms with E-state index in [-0.39, 0.29) is 44.0 Å². The van der Waals surface area contributed by atoms with Crippen LogP contribution in [0.15, 0.2) is 78.0 Å². The number of amides is 1. The molecule has 3 N–H and O–H groups in total. The fraction of sp³-hybridized carbons (Fsp3) is 0.321. The Kier molecular flexibility index (Phi) is 9.72. The van der Waals surface area contributed by atoms with E-state index < -0.39 is 12.3 Å². The number of carbonyl (C=O) groups excluding carboxylic acids is 1. The van der Waals surface area contributed by atoms with Crippen LogP contribution in [0.25, 0.3) is 0 Å². The molecule has 1 amide bonds. The van der Waals surface area contributed by atoms with Gasteiger partial charge in [-0.2, -0.15) is 4.73 Å². The Morgan fingerprint density at radius 3 is 2.42 bits per heavy atom. The summed E-state index contributed by atoms with van der Waals surface area (Å²) in [4.78, 5) is 22.7. The van der Waals surface area contributed by atoms with Crippen molar-refractivity contribution in [3.63, 3.8) is 0 Å². The maximum atomic E-state index is 12.1. The van der Waals surface area contributed by atoms with Gasteiger partial charge in [0.15, 0.2) is 12.5 Å². The summed E-state index contributed by atoms with van der Waals surface area (Å²) in [7, 11) is 0. The highest BCUT2D eigenvalue weighted by molar-refractivity contribution is 7.99. The van der Waals surface area contributed by atoms with Crippen LogP contribution < -0.4 is 10.0 Å². The van der Waals surface area contributed by atoms with E-state index in [9.17, 15) is 19.9 Å². The van der Waals surface area contributed by atoms with E-state index in [1.807, 2.05) is 42.5 Å². The molecule has 9 nitrogen and oxygen atoms in total. The number of hydrogen-bond acceptors (Lipinski definition) is 7. The summed E-state index contributed by atoms with van der Waals surface area (Å²) in [5, 5.41) is 33.5. The SMILES string of the molecule is O=C(O)CCCC(=O)Nc1ccc([C@H]2O[C@@H](CSc3cccc[n+]3[O-])C[C@@H](c3ccc(CO)cc3)O2)cc1. The number of carboxylic acid groups (broad SMARTS) is 1. The molecule has 200 valence electrons. The molecule has 3 atom stereocenters. The van der Waals surface area contributed by atoms with E-state index in [4.69, 9.17) is 14.6 Å². The smallest absolute Gasteiger partial charge is 0.303 e. The van der Waals surface area contributed by atoms with Crippen molar-refractivity contribution in [1.29, 1.82) is 0 Å². The molecule has 0 bridgehead atoms. The van der Waals surface area contributed by atoms with Gasteiger partial charge in [0.1, 0.15) is 0 Å². The van der Waals surface area contributed by atoms with Gasteiger partial charge in [-0.05, 0) is 35.7 Å². The van der Waals surface area contributed by atoms with Crippen LogP contribution in [-0.2, 0) is 25.7 Å². The zero-order valence-electron chi connectivity index (χ0n) is 20.7. The Balaban J connectivity index is 1.45. The quantitative estimate of drug-likeness (QED) is 0.187. The van der Waals surface area contributed by atoms with E-state index in [0.717, 1.165) is 21.4 Å². The summed E-state index contributed by atoms with van der Waals surface area (Å²) < 4.78 is 13.5. The fourth-order valence-corrected chi connectivity index (χ4v) is 5.01. The number of carbonyl (C=O) groups is 2. The monoisotopic (exact) mass is 538 g/mol. The number of aliphatic hydroxyl groups excluding tert-OH is 1. The van der Waals surface area contributed by atoms with Gasteiger partial charge in [0.05, 0.1) is 18.8 Å². The van der Waals surface area contributed by atoms with Gasteiger partial charge in [0.25, 0.3) is 5.03 Å². The second kappa shape index (κ2) is 13.4. The lowest BCUT2D eigenvalue weighted by molar-refractivity contribution is -0.645. The van der Waals surface area contributed by atoms with E-state index in [1.54, 1.807) is 24.3 Å². The Labute approximate surface area is 225 Å². The Morgan fingerprint density at radius 1 is 1.00 bits per heavy atom. The average molecular weight is 539 g/mol. The normalized spacial score (nSPS) is 19.1. The minimum Gasteiger partial charge on any atom is -0.618 e. The number of anilines is 1. The molecule has 1 aliphatic rings. The summed E-state index contributed by atoms with van der Waals surface area (Å²) in [5.74, 6) is -0.615. The second-order valence-corrected chi connectivity index (χ2v) is 9.98. The molecular weight excluding hydrogens is 508 g/mol. The Morgan fingerprint density at radius 2 is 1.74 bits per heavy atom. The summed E-state index contributed by atoms with van der Waals surface area (Å²) in [6.45, 7) is -0.0362. The van der Waals surface area contributed by atoms with Crippen LogP contribution in [0.1, 0.15) is 54.8 Å². The molecule has 2 aromatic carbocycles. The molecule has 1 aliphatic heterocycles. The fourth-order valence-electron chi connectivity index (χ4n) is 4.07. The highest BCUT2D eigenvalue weighted by atomic mass is 32.2. The Hall–Kier alpha value is -3.44. The van der Waals surface area contributed by atoms with Crippen molar-refractivity contribution in [2.75, 3.05) is 11.1 Å². The maximum Gasteiger partial charge on any atom is 0.303 e. The standard InChI is InChI=1S/C28H30N2O7S/c31-17-19-7-9-20(10-8-19)24-16-23(18-38-26-5-1-2-15-30(26)35)36-28(37-24)21-11-13-22(14-12-21)29-25(32)4-3-6-27(33)34/h1-2,5,7-15,23-24,28,31H,3-4,6,16-18H2,(H,29,32)(H,33,34)/t23-,24+,28+/m1/s1. The number of benzene rings is 2. The van der Waals surface area contributed by atoms with Crippen LogP contribution in [0.5, 0.6) is 0 Å². The second-order valence-electron chi connectivity index (χ2n) is 8.94. The van der Waals surface area contributed by atoms with Crippen molar-refractivity contribution >= 4 is 29.3 Å². The first-order chi connectivity index (χ1) is 18.4. The summed E-state index contributed by atoms with van der Waals surface area (Å²) in [6.07, 6.45) is 1.30. The van der Waals surface area contributed by atoms with Crippen molar-refractivity contribution < 1.29 is 34.0 Å². The van der Waals surface area contributed by atoms with Crippen molar-refractivity contribution in [2.24, 2.45) is 0 Å². The van der Waals surface area contributed by atoms with Crippen molar-refractivity contribution in [1.82, 2.24) is 0 Å². The Bertz CT molecular complexity index is 1220. The minimum atomic E-state index is -0.926. The summed E-state index contributed by atoms with van der Waals surface area (Å²) in [5.41, 5.74) is 3.15. The number of thioether (sulfide) groups is 1. The number of nitrogens with zero attached hydrogens (tertiary/aromatic N) is 1. The van der Waals surface area contributed by atoms with Crippen LogP contribution in [0.4, 0.5) is 5.69 Å². The number of carboxylic acids is 1. The zero-order chi connectivity index (χ0) is 26.9. The van der Waals surface area contributed by atoms with Crippen LogP contribution in [-0.4, -0.2) is 33.9 Å². The number of nitrogens with one attached hydrogen (secondary N) is 1. The lowest BCUT2D eigenvalue weighted by Gasteiger charge is -2.36. The third-order valence-electron chi connectivity index (χ3n) is 6.08. The van der Waals surface area contributed by atoms with E-state index in [2.05, 4.69) is 5.32 Å². The molecule has 2 heterocycles. The van der Waals surface area contributed by atoms with Gasteiger partial charge in [0.2, 0.25) is 5.91 Å². The van der Waals surface area contributed by atoms with Crippen molar-refractivity contribution in [3.05, 3.63) is 94.8 Å². The number of ether oxygens (including phenoxy) is 2. The first kappa shape index (κ1) is 27.6. The van der Waals surface area contributed by atoms with Gasteiger partial charge in [-0.1, -0.05) is 48.2 Å². The van der Waals surface area contributed by atoms with E-state index in [1.165, 1.54) is 18.0 Å². The first-order valence-corrected chi connectivity index (χ1v) is 13.3. The molecule has 1 saturated heterocycles. The van der Waals surface area contributed by atoms with Gasteiger partial charge in [0, 0.05) is 48.4 Å². The molecular formula is C28H30N2O7S. The number of rotatable bonds is 11. The molecule has 10 heteroatoms. The average Bonchev–Trinajstić information content (AvgIpc) is 2.92. The van der Waals surface area contributed by atoms with Gasteiger partial charge >= 0.3 is 5.97 Å². The molecule has 0 unspecified atom stereocenters.